The summed E-state index contributed by atoms with van der Waals surface area (Å²) >= 11 is 6.10. The maximum atomic E-state index is 8.75. The summed E-state index contributed by atoms with van der Waals surface area (Å²) in [5.41, 5.74) is 6.51. The van der Waals surface area contributed by atoms with Crippen molar-refractivity contribution in [3.8, 4) is 23.2 Å². The highest BCUT2D eigenvalue weighted by Gasteiger charge is 2.10. The zero-order valence-electron chi connectivity index (χ0n) is 9.51. The van der Waals surface area contributed by atoms with Crippen LogP contribution in [0.25, 0.3) is 11.4 Å². The highest BCUT2D eigenvalue weighted by atomic mass is 35.5. The first kappa shape index (κ1) is 12.1. The molecule has 1 aromatic heterocycles. The number of halogens is 1. The Hall–Kier alpha value is -2.32. The number of anilines is 1. The van der Waals surface area contributed by atoms with Gasteiger partial charge in [-0.25, -0.2) is 9.97 Å². The van der Waals surface area contributed by atoms with Gasteiger partial charge >= 0.3 is 0 Å². The van der Waals surface area contributed by atoms with Crippen molar-refractivity contribution in [1.82, 2.24) is 9.97 Å². The molecule has 0 radical (unpaired) electrons. The maximum Gasteiger partial charge on any atom is 0.163 e. The number of benzene rings is 1. The van der Waals surface area contributed by atoms with Crippen molar-refractivity contribution < 1.29 is 4.74 Å². The molecule has 90 valence electrons. The number of methoxy groups -OCH3 is 1. The van der Waals surface area contributed by atoms with Gasteiger partial charge in [0.2, 0.25) is 0 Å². The summed E-state index contributed by atoms with van der Waals surface area (Å²) in [5.74, 6) is 1.15. The van der Waals surface area contributed by atoms with Crippen LogP contribution in [0.2, 0.25) is 5.02 Å². The number of nitriles is 1. The Bertz CT molecular complexity index is 636. The summed E-state index contributed by atoms with van der Waals surface area (Å²) < 4.78 is 5.05. The summed E-state index contributed by atoms with van der Waals surface area (Å²) in [5, 5.41) is 9.21. The second-order valence-corrected chi connectivity index (χ2v) is 3.86. The third kappa shape index (κ3) is 2.19. The van der Waals surface area contributed by atoms with Crippen molar-refractivity contribution in [3.05, 3.63) is 35.0 Å². The fourth-order valence-corrected chi connectivity index (χ4v) is 1.67. The maximum absolute atomic E-state index is 8.75. The van der Waals surface area contributed by atoms with Crippen LogP contribution >= 0.6 is 11.6 Å². The molecular formula is C12H9ClN4O. The van der Waals surface area contributed by atoms with Gasteiger partial charge in [0.25, 0.3) is 0 Å². The van der Waals surface area contributed by atoms with Gasteiger partial charge in [-0.05, 0) is 18.2 Å². The van der Waals surface area contributed by atoms with Gasteiger partial charge in [0, 0.05) is 5.56 Å². The lowest BCUT2D eigenvalue weighted by atomic mass is 10.2. The first-order chi connectivity index (χ1) is 8.65. The molecule has 0 fully saturated rings. The lowest BCUT2D eigenvalue weighted by Crippen LogP contribution is -1.99. The minimum Gasteiger partial charge on any atom is -0.497 e. The van der Waals surface area contributed by atoms with Crippen molar-refractivity contribution >= 4 is 17.4 Å². The van der Waals surface area contributed by atoms with Gasteiger partial charge < -0.3 is 10.5 Å². The van der Waals surface area contributed by atoms with Crippen molar-refractivity contribution in [3.63, 3.8) is 0 Å². The van der Waals surface area contributed by atoms with E-state index < -0.39 is 0 Å². The fraction of sp³-hybridized carbons (Fsp3) is 0.0833. The van der Waals surface area contributed by atoms with Gasteiger partial charge in [-0.15, -0.1) is 0 Å². The molecule has 1 heterocycles. The molecule has 2 aromatic rings. The van der Waals surface area contributed by atoms with Gasteiger partial charge in [0.1, 0.15) is 23.2 Å². The summed E-state index contributed by atoms with van der Waals surface area (Å²) in [4.78, 5) is 8.11. The number of nitrogen functional groups attached to an aromatic ring is 1. The second-order valence-electron chi connectivity index (χ2n) is 3.45. The Morgan fingerprint density at radius 3 is 2.78 bits per heavy atom. The van der Waals surface area contributed by atoms with E-state index in [1.54, 1.807) is 25.3 Å². The van der Waals surface area contributed by atoms with E-state index in [4.69, 9.17) is 27.3 Å². The van der Waals surface area contributed by atoms with Crippen LogP contribution in [0.3, 0.4) is 0 Å². The van der Waals surface area contributed by atoms with E-state index in [1.807, 2.05) is 6.07 Å². The number of aromatic nitrogens is 2. The van der Waals surface area contributed by atoms with Crippen LogP contribution < -0.4 is 10.5 Å². The fourth-order valence-electron chi connectivity index (χ4n) is 1.42. The lowest BCUT2D eigenvalue weighted by molar-refractivity contribution is 0.415. The van der Waals surface area contributed by atoms with Crippen molar-refractivity contribution in [2.45, 2.75) is 0 Å². The molecular weight excluding hydrogens is 252 g/mol. The standard InChI is InChI=1S/C12H9ClN4O/c1-18-8-2-3-9(10(13)4-8)12-16-6-7(5-14)11(15)17-12/h2-4,6H,1H3,(H2,15,16,17). The highest BCUT2D eigenvalue weighted by Crippen LogP contribution is 2.29. The number of ether oxygens (including phenoxy) is 1. The monoisotopic (exact) mass is 260 g/mol. The van der Waals surface area contributed by atoms with Gasteiger partial charge in [-0.2, -0.15) is 5.26 Å². The van der Waals surface area contributed by atoms with Crippen molar-refractivity contribution in [1.29, 1.82) is 5.26 Å². The smallest absolute Gasteiger partial charge is 0.163 e. The Morgan fingerprint density at radius 2 is 2.22 bits per heavy atom. The molecule has 0 unspecified atom stereocenters. The van der Waals surface area contributed by atoms with E-state index in [-0.39, 0.29) is 11.4 Å². The normalized spacial score (nSPS) is 9.83. The first-order valence-electron chi connectivity index (χ1n) is 5.02. The molecule has 0 spiro atoms. The summed E-state index contributed by atoms with van der Waals surface area (Å²) in [7, 11) is 1.56. The Kier molecular flexibility index (Phi) is 3.31. The predicted octanol–water partition coefficient (Wildman–Crippen LogP) is 2.26. The average molecular weight is 261 g/mol. The van der Waals surface area contributed by atoms with Crippen LogP contribution in [-0.4, -0.2) is 17.1 Å². The number of nitrogens with two attached hydrogens (primary N) is 1. The minimum atomic E-state index is 0.134. The van der Waals surface area contributed by atoms with Gasteiger partial charge in [-0.1, -0.05) is 11.6 Å². The topological polar surface area (TPSA) is 84.8 Å². The van der Waals surface area contributed by atoms with Crippen LogP contribution in [0.15, 0.2) is 24.4 Å². The zero-order valence-corrected chi connectivity index (χ0v) is 10.3. The lowest BCUT2D eigenvalue weighted by Gasteiger charge is -2.06. The number of hydrogen-bond donors (Lipinski definition) is 1. The van der Waals surface area contributed by atoms with Crippen molar-refractivity contribution in [2.24, 2.45) is 0 Å². The summed E-state index contributed by atoms with van der Waals surface area (Å²) in [6.45, 7) is 0. The quantitative estimate of drug-likeness (QED) is 0.895. The molecule has 0 aliphatic heterocycles. The van der Waals surface area contributed by atoms with Crippen LogP contribution in [0, 0.1) is 11.3 Å². The summed E-state index contributed by atoms with van der Waals surface area (Å²) in [6, 6.07) is 7.05. The van der Waals surface area contributed by atoms with Crippen LogP contribution in [0.1, 0.15) is 5.56 Å². The molecule has 2 rings (SSSR count). The molecule has 0 saturated carbocycles. The van der Waals surface area contributed by atoms with Crippen molar-refractivity contribution in [2.75, 3.05) is 12.8 Å². The zero-order chi connectivity index (χ0) is 13.1. The van der Waals surface area contributed by atoms with E-state index >= 15 is 0 Å². The van der Waals surface area contributed by atoms with Crippen LogP contribution in [0.5, 0.6) is 5.75 Å². The van der Waals surface area contributed by atoms with Crippen LogP contribution in [0.4, 0.5) is 5.82 Å². The minimum absolute atomic E-state index is 0.134. The van der Waals surface area contributed by atoms with E-state index in [1.165, 1.54) is 6.20 Å². The molecule has 0 bridgehead atoms. The van der Waals surface area contributed by atoms with Gasteiger partial charge in [-0.3, -0.25) is 0 Å². The molecule has 0 atom stereocenters. The second kappa shape index (κ2) is 4.90. The molecule has 0 amide bonds. The third-order valence-corrected chi connectivity index (χ3v) is 2.67. The highest BCUT2D eigenvalue weighted by molar-refractivity contribution is 6.33. The van der Waals surface area contributed by atoms with Crippen LogP contribution in [-0.2, 0) is 0 Å². The average Bonchev–Trinajstić information content (AvgIpc) is 2.38. The number of hydrogen-bond acceptors (Lipinski definition) is 5. The number of rotatable bonds is 2. The molecule has 0 aliphatic carbocycles. The van der Waals surface area contributed by atoms with E-state index in [2.05, 4.69) is 9.97 Å². The Balaban J connectivity index is 2.49. The molecule has 0 saturated heterocycles. The molecule has 1 aromatic carbocycles. The van der Waals surface area contributed by atoms with Gasteiger partial charge in [0.05, 0.1) is 18.3 Å². The third-order valence-electron chi connectivity index (χ3n) is 2.36. The SMILES string of the molecule is COc1ccc(-c2ncc(C#N)c(N)n2)c(Cl)c1. The largest absolute Gasteiger partial charge is 0.497 e. The van der Waals surface area contributed by atoms with E-state index in [0.29, 0.717) is 22.2 Å². The summed E-state index contributed by atoms with van der Waals surface area (Å²) in [6.07, 6.45) is 1.37. The van der Waals surface area contributed by atoms with Gasteiger partial charge in [0.15, 0.2) is 5.82 Å². The molecule has 0 aliphatic rings. The first-order valence-corrected chi connectivity index (χ1v) is 5.40. The van der Waals surface area contributed by atoms with E-state index in [0.717, 1.165) is 0 Å². The molecule has 6 heteroatoms. The molecule has 5 nitrogen and oxygen atoms in total. The predicted molar refractivity (Wildman–Crippen MR) is 68.2 cm³/mol. The Labute approximate surface area is 109 Å². The molecule has 18 heavy (non-hydrogen) atoms. The molecule has 2 N–H and O–H groups in total. The Morgan fingerprint density at radius 1 is 1.44 bits per heavy atom. The number of nitrogens with zero attached hydrogens (tertiary/aromatic N) is 3. The van der Waals surface area contributed by atoms with E-state index in [9.17, 15) is 0 Å².